The number of nitrogens with zero attached hydrogens (tertiary/aromatic N) is 1. The average Bonchev–Trinajstić information content (AvgIpc) is 2.83. The van der Waals surface area contributed by atoms with E-state index >= 15 is 0 Å². The molecule has 2 atom stereocenters. The Morgan fingerprint density at radius 2 is 2.18 bits per heavy atom. The van der Waals surface area contributed by atoms with Crippen LogP contribution in [0.4, 0.5) is 0 Å². The Labute approximate surface area is 103 Å². The first-order valence-corrected chi connectivity index (χ1v) is 6.43. The smallest absolute Gasteiger partial charge is 0.242 e. The molecule has 1 rings (SSSR count). The van der Waals surface area contributed by atoms with Gasteiger partial charge in [0.05, 0.1) is 6.04 Å². The van der Waals surface area contributed by atoms with Crippen LogP contribution in [0.1, 0.15) is 33.6 Å². The number of carbonyl (C=O) groups excluding carboxylic acids is 2. The van der Waals surface area contributed by atoms with Crippen LogP contribution in [0.15, 0.2) is 0 Å². The highest BCUT2D eigenvalue weighted by Gasteiger charge is 2.31. The Morgan fingerprint density at radius 1 is 1.47 bits per heavy atom. The molecule has 0 aliphatic carbocycles. The largest absolute Gasteiger partial charge is 0.355 e. The fraction of sp³-hybridized carbons (Fsp3) is 0.833. The van der Waals surface area contributed by atoms with E-state index in [1.807, 2.05) is 13.8 Å². The average molecular weight is 241 g/mol. The molecule has 5 heteroatoms. The summed E-state index contributed by atoms with van der Waals surface area (Å²) < 4.78 is 0. The number of likely N-dealkylation sites (N-methyl/N-ethyl adjacent to an activating group) is 2. The third-order valence-electron chi connectivity index (χ3n) is 3.18. The molecule has 5 nitrogen and oxygen atoms in total. The van der Waals surface area contributed by atoms with Crippen molar-refractivity contribution in [2.75, 3.05) is 19.6 Å². The Hall–Kier alpha value is -1.10. The lowest BCUT2D eigenvalue weighted by molar-refractivity contribution is -0.141. The highest BCUT2D eigenvalue weighted by molar-refractivity contribution is 5.89. The standard InChI is InChI=1S/C12H23N3O2/c1-4-13-11(16)9(3)15(5-2)12(17)10-7-6-8-14-10/h9-10,14H,4-8H2,1-3H3,(H,13,16)/t9-,10-/m0/s1. The lowest BCUT2D eigenvalue weighted by Gasteiger charge is -2.29. The van der Waals surface area contributed by atoms with Crippen molar-refractivity contribution in [3.63, 3.8) is 0 Å². The minimum atomic E-state index is -0.394. The maximum Gasteiger partial charge on any atom is 0.242 e. The molecule has 1 aliphatic heterocycles. The predicted molar refractivity (Wildman–Crippen MR) is 66.6 cm³/mol. The van der Waals surface area contributed by atoms with Gasteiger partial charge in [-0.1, -0.05) is 0 Å². The van der Waals surface area contributed by atoms with Gasteiger partial charge in [0.2, 0.25) is 11.8 Å². The van der Waals surface area contributed by atoms with Crippen molar-refractivity contribution in [1.29, 1.82) is 0 Å². The third-order valence-corrected chi connectivity index (χ3v) is 3.18. The Balaban J connectivity index is 2.62. The zero-order chi connectivity index (χ0) is 12.8. The van der Waals surface area contributed by atoms with Crippen molar-refractivity contribution in [3.05, 3.63) is 0 Å². The van der Waals surface area contributed by atoms with Gasteiger partial charge < -0.3 is 15.5 Å². The fourth-order valence-corrected chi connectivity index (χ4v) is 2.18. The fourth-order valence-electron chi connectivity index (χ4n) is 2.18. The van der Waals surface area contributed by atoms with Gasteiger partial charge in [-0.25, -0.2) is 0 Å². The van der Waals surface area contributed by atoms with E-state index in [2.05, 4.69) is 10.6 Å². The number of rotatable bonds is 5. The van der Waals surface area contributed by atoms with E-state index in [-0.39, 0.29) is 17.9 Å². The molecule has 0 spiro atoms. The molecule has 0 unspecified atom stereocenters. The maximum atomic E-state index is 12.2. The first kappa shape index (κ1) is 14.0. The second-order valence-corrected chi connectivity index (χ2v) is 4.34. The van der Waals surface area contributed by atoms with E-state index in [0.717, 1.165) is 19.4 Å². The Kier molecular flexibility index (Phi) is 5.41. The topological polar surface area (TPSA) is 61.4 Å². The normalized spacial score (nSPS) is 21.0. The second kappa shape index (κ2) is 6.59. The zero-order valence-corrected chi connectivity index (χ0v) is 11.0. The second-order valence-electron chi connectivity index (χ2n) is 4.34. The lowest BCUT2D eigenvalue weighted by atomic mass is 10.1. The Bertz CT molecular complexity index is 275. The molecule has 1 aliphatic rings. The first-order chi connectivity index (χ1) is 8.11. The number of carbonyl (C=O) groups is 2. The molecule has 0 aromatic carbocycles. The van der Waals surface area contributed by atoms with Gasteiger partial charge in [-0.15, -0.1) is 0 Å². The minimum absolute atomic E-state index is 0.0451. The van der Waals surface area contributed by atoms with Crippen molar-refractivity contribution in [1.82, 2.24) is 15.5 Å². The number of hydrogen-bond donors (Lipinski definition) is 2. The van der Waals surface area contributed by atoms with E-state index in [4.69, 9.17) is 0 Å². The summed E-state index contributed by atoms with van der Waals surface area (Å²) in [5, 5.41) is 5.93. The van der Waals surface area contributed by atoms with Crippen LogP contribution in [0.2, 0.25) is 0 Å². The molecule has 17 heavy (non-hydrogen) atoms. The summed E-state index contributed by atoms with van der Waals surface area (Å²) in [5.74, 6) is -0.0375. The van der Waals surface area contributed by atoms with Crippen LogP contribution in [0.25, 0.3) is 0 Å². The van der Waals surface area contributed by atoms with Crippen molar-refractivity contribution < 1.29 is 9.59 Å². The van der Waals surface area contributed by atoms with Gasteiger partial charge in [-0.2, -0.15) is 0 Å². The third kappa shape index (κ3) is 3.43. The van der Waals surface area contributed by atoms with Crippen LogP contribution in [0, 0.1) is 0 Å². The van der Waals surface area contributed by atoms with Gasteiger partial charge in [0.15, 0.2) is 0 Å². The maximum absolute atomic E-state index is 12.2. The molecule has 98 valence electrons. The van der Waals surface area contributed by atoms with Gasteiger partial charge in [-0.3, -0.25) is 9.59 Å². The molecule has 2 amide bonds. The molecular weight excluding hydrogens is 218 g/mol. The summed E-state index contributed by atoms with van der Waals surface area (Å²) in [4.78, 5) is 25.6. The highest BCUT2D eigenvalue weighted by Crippen LogP contribution is 2.11. The molecular formula is C12H23N3O2. The van der Waals surface area contributed by atoms with E-state index in [0.29, 0.717) is 13.1 Å². The van der Waals surface area contributed by atoms with E-state index in [9.17, 15) is 9.59 Å². The molecule has 0 aromatic heterocycles. The predicted octanol–water partition coefficient (Wildman–Crippen LogP) is 0.112. The zero-order valence-electron chi connectivity index (χ0n) is 11.0. The van der Waals surface area contributed by atoms with Crippen LogP contribution in [-0.4, -0.2) is 48.4 Å². The summed E-state index contributed by atoms with van der Waals surface area (Å²) in [7, 11) is 0. The molecule has 0 saturated carbocycles. The number of amides is 2. The number of hydrogen-bond acceptors (Lipinski definition) is 3. The highest BCUT2D eigenvalue weighted by atomic mass is 16.2. The summed E-state index contributed by atoms with van der Waals surface area (Å²) in [6, 6.07) is -0.498. The van der Waals surface area contributed by atoms with E-state index in [1.165, 1.54) is 0 Å². The van der Waals surface area contributed by atoms with Crippen molar-refractivity contribution in [3.8, 4) is 0 Å². The molecule has 0 bridgehead atoms. The lowest BCUT2D eigenvalue weighted by Crippen LogP contribution is -2.52. The first-order valence-electron chi connectivity index (χ1n) is 6.43. The number of nitrogens with one attached hydrogen (secondary N) is 2. The van der Waals surface area contributed by atoms with Gasteiger partial charge >= 0.3 is 0 Å². The molecule has 0 radical (unpaired) electrons. The Morgan fingerprint density at radius 3 is 2.65 bits per heavy atom. The monoisotopic (exact) mass is 241 g/mol. The van der Waals surface area contributed by atoms with Gasteiger partial charge in [0.25, 0.3) is 0 Å². The molecule has 1 heterocycles. The van der Waals surface area contributed by atoms with Gasteiger partial charge in [-0.05, 0) is 40.2 Å². The van der Waals surface area contributed by atoms with Crippen LogP contribution in [0.5, 0.6) is 0 Å². The SMILES string of the molecule is CCNC(=O)[C@H](C)N(CC)C(=O)[C@@H]1CCCN1. The van der Waals surface area contributed by atoms with Gasteiger partial charge in [0.1, 0.15) is 6.04 Å². The minimum Gasteiger partial charge on any atom is -0.355 e. The molecule has 2 N–H and O–H groups in total. The summed E-state index contributed by atoms with van der Waals surface area (Å²) in [6.45, 7) is 7.61. The quantitative estimate of drug-likeness (QED) is 0.718. The van der Waals surface area contributed by atoms with Crippen molar-refractivity contribution in [2.24, 2.45) is 0 Å². The van der Waals surface area contributed by atoms with Crippen LogP contribution < -0.4 is 10.6 Å². The molecule has 1 saturated heterocycles. The van der Waals surface area contributed by atoms with Crippen LogP contribution in [-0.2, 0) is 9.59 Å². The van der Waals surface area contributed by atoms with Gasteiger partial charge in [0, 0.05) is 13.1 Å². The van der Waals surface area contributed by atoms with Crippen LogP contribution >= 0.6 is 0 Å². The van der Waals surface area contributed by atoms with Crippen molar-refractivity contribution >= 4 is 11.8 Å². The summed E-state index contributed by atoms with van der Waals surface area (Å²) in [6.07, 6.45) is 1.90. The summed E-state index contributed by atoms with van der Waals surface area (Å²) in [5.41, 5.74) is 0. The van der Waals surface area contributed by atoms with Crippen molar-refractivity contribution in [2.45, 2.75) is 45.7 Å². The van der Waals surface area contributed by atoms with E-state index in [1.54, 1.807) is 11.8 Å². The molecule has 1 fully saturated rings. The molecule has 0 aromatic rings. The van der Waals surface area contributed by atoms with Crippen LogP contribution in [0.3, 0.4) is 0 Å². The van der Waals surface area contributed by atoms with E-state index < -0.39 is 6.04 Å². The summed E-state index contributed by atoms with van der Waals surface area (Å²) >= 11 is 0.